The topological polar surface area (TPSA) is 41.9 Å². The highest BCUT2D eigenvalue weighted by atomic mass is 16.5. The van der Waals surface area contributed by atoms with Gasteiger partial charge in [0.05, 0.1) is 20.3 Å². The molecule has 0 aliphatic carbocycles. The molecule has 1 aromatic rings. The van der Waals surface area contributed by atoms with Crippen molar-refractivity contribution in [2.45, 2.75) is 13.0 Å². The molecule has 1 N–H and O–H groups in total. The summed E-state index contributed by atoms with van der Waals surface area (Å²) in [6, 6.07) is 5.46. The van der Waals surface area contributed by atoms with Gasteiger partial charge in [-0.2, -0.15) is 0 Å². The van der Waals surface area contributed by atoms with Gasteiger partial charge in [0, 0.05) is 6.54 Å². The van der Waals surface area contributed by atoms with Crippen LogP contribution >= 0.6 is 0 Å². The van der Waals surface area contributed by atoms with Crippen LogP contribution in [0, 0.1) is 0 Å². The molecule has 4 nitrogen and oxygen atoms in total. The number of methoxy groups -OCH3 is 1. The zero-order valence-electron chi connectivity index (χ0n) is 10.8. The van der Waals surface area contributed by atoms with Crippen molar-refractivity contribution in [1.82, 2.24) is 4.90 Å². The van der Waals surface area contributed by atoms with Crippen LogP contribution in [0.3, 0.4) is 0 Å². The minimum absolute atomic E-state index is 0.0112. The predicted octanol–water partition coefficient (Wildman–Crippen LogP) is 1.52. The SMILES string of the molecule is COc1cc(CO)ccc1OCCCN(C)C. The van der Waals surface area contributed by atoms with Gasteiger partial charge in [0.15, 0.2) is 11.5 Å². The van der Waals surface area contributed by atoms with E-state index in [9.17, 15) is 0 Å². The highest BCUT2D eigenvalue weighted by Crippen LogP contribution is 2.28. The fourth-order valence-corrected chi connectivity index (χ4v) is 1.49. The molecule has 1 aromatic carbocycles. The summed E-state index contributed by atoms with van der Waals surface area (Å²) in [7, 11) is 5.68. The summed E-state index contributed by atoms with van der Waals surface area (Å²) in [5, 5.41) is 9.02. The second kappa shape index (κ2) is 7.14. The van der Waals surface area contributed by atoms with Gasteiger partial charge >= 0.3 is 0 Å². The second-order valence-electron chi connectivity index (χ2n) is 4.15. The van der Waals surface area contributed by atoms with Gasteiger partial charge in [0.1, 0.15) is 0 Å². The Balaban J connectivity index is 2.52. The minimum atomic E-state index is 0.0112. The van der Waals surface area contributed by atoms with Crippen LogP contribution in [0.4, 0.5) is 0 Å². The number of hydrogen-bond acceptors (Lipinski definition) is 4. The molecule has 0 unspecified atom stereocenters. The molecule has 0 heterocycles. The maximum Gasteiger partial charge on any atom is 0.161 e. The van der Waals surface area contributed by atoms with Crippen molar-refractivity contribution < 1.29 is 14.6 Å². The Kier molecular flexibility index (Phi) is 5.80. The molecule has 0 fully saturated rings. The molecule has 0 amide bonds. The van der Waals surface area contributed by atoms with Gasteiger partial charge < -0.3 is 19.5 Å². The average Bonchev–Trinajstić information content (AvgIpc) is 2.34. The lowest BCUT2D eigenvalue weighted by atomic mass is 10.2. The van der Waals surface area contributed by atoms with Crippen molar-refractivity contribution in [3.05, 3.63) is 23.8 Å². The summed E-state index contributed by atoms with van der Waals surface area (Å²) in [4.78, 5) is 2.12. The Labute approximate surface area is 103 Å². The van der Waals surface area contributed by atoms with Crippen LogP contribution < -0.4 is 9.47 Å². The van der Waals surface area contributed by atoms with Gasteiger partial charge in [-0.25, -0.2) is 0 Å². The number of benzene rings is 1. The van der Waals surface area contributed by atoms with E-state index in [0.717, 1.165) is 24.3 Å². The first-order valence-electron chi connectivity index (χ1n) is 5.72. The standard InChI is InChI=1S/C13H21NO3/c1-14(2)7-4-8-17-12-6-5-11(10-15)9-13(12)16-3/h5-6,9,15H,4,7-8,10H2,1-3H3. The molecule has 0 aliphatic rings. The minimum Gasteiger partial charge on any atom is -0.493 e. The zero-order valence-corrected chi connectivity index (χ0v) is 10.8. The van der Waals surface area contributed by atoms with Crippen LogP contribution in [0.1, 0.15) is 12.0 Å². The van der Waals surface area contributed by atoms with E-state index < -0.39 is 0 Å². The van der Waals surface area contributed by atoms with Gasteiger partial charge in [-0.05, 0) is 38.2 Å². The molecule has 0 saturated carbocycles. The summed E-state index contributed by atoms with van der Waals surface area (Å²) in [5.41, 5.74) is 0.822. The molecule has 0 radical (unpaired) electrons. The molecule has 4 heteroatoms. The van der Waals surface area contributed by atoms with Crippen molar-refractivity contribution >= 4 is 0 Å². The molecule has 17 heavy (non-hydrogen) atoms. The van der Waals surface area contributed by atoms with Gasteiger partial charge in [-0.1, -0.05) is 6.07 Å². The lowest BCUT2D eigenvalue weighted by Gasteiger charge is -2.13. The number of aliphatic hydroxyl groups is 1. The van der Waals surface area contributed by atoms with Gasteiger partial charge in [-0.3, -0.25) is 0 Å². The van der Waals surface area contributed by atoms with E-state index in [0.29, 0.717) is 12.4 Å². The Morgan fingerprint density at radius 3 is 2.59 bits per heavy atom. The summed E-state index contributed by atoms with van der Waals surface area (Å²) in [5.74, 6) is 1.39. The Morgan fingerprint density at radius 2 is 2.00 bits per heavy atom. The summed E-state index contributed by atoms with van der Waals surface area (Å²) in [6.07, 6.45) is 0.970. The maximum atomic E-state index is 9.02. The summed E-state index contributed by atoms with van der Waals surface area (Å²) in [6.45, 7) is 1.67. The van der Waals surface area contributed by atoms with E-state index in [-0.39, 0.29) is 6.61 Å². The molecular weight excluding hydrogens is 218 g/mol. The third-order valence-corrected chi connectivity index (χ3v) is 2.42. The lowest BCUT2D eigenvalue weighted by molar-refractivity contribution is 0.265. The third-order valence-electron chi connectivity index (χ3n) is 2.42. The summed E-state index contributed by atoms with van der Waals surface area (Å²) >= 11 is 0. The molecular formula is C13H21NO3. The third kappa shape index (κ3) is 4.63. The number of hydrogen-bond donors (Lipinski definition) is 1. The van der Waals surface area contributed by atoms with Crippen LogP contribution in [0.15, 0.2) is 18.2 Å². The monoisotopic (exact) mass is 239 g/mol. The first kappa shape index (κ1) is 13.8. The second-order valence-corrected chi connectivity index (χ2v) is 4.15. The molecule has 96 valence electrons. The molecule has 0 aromatic heterocycles. The van der Waals surface area contributed by atoms with E-state index in [1.807, 2.05) is 26.2 Å². The molecule has 0 aliphatic heterocycles. The van der Waals surface area contributed by atoms with E-state index in [1.165, 1.54) is 0 Å². The molecule has 0 bridgehead atoms. The Morgan fingerprint density at radius 1 is 1.24 bits per heavy atom. The van der Waals surface area contributed by atoms with Crippen molar-refractivity contribution in [3.8, 4) is 11.5 Å². The Hall–Kier alpha value is -1.26. The van der Waals surface area contributed by atoms with Gasteiger partial charge in [0.2, 0.25) is 0 Å². The van der Waals surface area contributed by atoms with E-state index in [2.05, 4.69) is 4.90 Å². The van der Waals surface area contributed by atoms with Crippen LogP contribution in [-0.4, -0.2) is 44.4 Å². The van der Waals surface area contributed by atoms with Gasteiger partial charge in [-0.15, -0.1) is 0 Å². The first-order valence-corrected chi connectivity index (χ1v) is 5.72. The van der Waals surface area contributed by atoms with E-state index in [1.54, 1.807) is 13.2 Å². The van der Waals surface area contributed by atoms with Crippen LogP contribution in [-0.2, 0) is 6.61 Å². The fourth-order valence-electron chi connectivity index (χ4n) is 1.49. The van der Waals surface area contributed by atoms with Crippen molar-refractivity contribution in [2.75, 3.05) is 34.4 Å². The highest BCUT2D eigenvalue weighted by Gasteiger charge is 2.05. The number of ether oxygens (including phenoxy) is 2. The Bertz CT molecular complexity index is 339. The van der Waals surface area contributed by atoms with Crippen LogP contribution in [0.2, 0.25) is 0 Å². The predicted molar refractivity (Wildman–Crippen MR) is 67.6 cm³/mol. The fraction of sp³-hybridized carbons (Fsp3) is 0.538. The largest absolute Gasteiger partial charge is 0.493 e. The van der Waals surface area contributed by atoms with E-state index >= 15 is 0 Å². The molecule has 1 rings (SSSR count). The average molecular weight is 239 g/mol. The highest BCUT2D eigenvalue weighted by molar-refractivity contribution is 5.42. The number of nitrogens with zero attached hydrogens (tertiary/aromatic N) is 1. The number of aliphatic hydroxyl groups excluding tert-OH is 1. The van der Waals surface area contributed by atoms with Crippen LogP contribution in [0.25, 0.3) is 0 Å². The number of rotatable bonds is 7. The van der Waals surface area contributed by atoms with Crippen molar-refractivity contribution in [1.29, 1.82) is 0 Å². The van der Waals surface area contributed by atoms with Crippen LogP contribution in [0.5, 0.6) is 11.5 Å². The van der Waals surface area contributed by atoms with Crippen molar-refractivity contribution in [2.24, 2.45) is 0 Å². The van der Waals surface area contributed by atoms with Gasteiger partial charge in [0.25, 0.3) is 0 Å². The smallest absolute Gasteiger partial charge is 0.161 e. The normalized spacial score (nSPS) is 10.6. The van der Waals surface area contributed by atoms with Crippen molar-refractivity contribution in [3.63, 3.8) is 0 Å². The first-order chi connectivity index (χ1) is 8.17. The summed E-state index contributed by atoms with van der Waals surface area (Å²) < 4.78 is 10.9. The molecule has 0 spiro atoms. The zero-order chi connectivity index (χ0) is 12.7. The van der Waals surface area contributed by atoms with E-state index in [4.69, 9.17) is 14.6 Å². The lowest BCUT2D eigenvalue weighted by Crippen LogP contribution is -2.15. The molecule has 0 saturated heterocycles. The quantitative estimate of drug-likeness (QED) is 0.732. The molecule has 0 atom stereocenters. The maximum absolute atomic E-state index is 9.02.